The minimum Gasteiger partial charge on any atom is -0.371 e. The maximum absolute atomic E-state index is 13.2. The van der Waals surface area contributed by atoms with Crippen molar-refractivity contribution in [2.24, 2.45) is 16.7 Å². The molecule has 0 radical (unpaired) electrons. The normalized spacial score (nSPS) is 31.3. The third-order valence-corrected chi connectivity index (χ3v) is 7.02. The van der Waals surface area contributed by atoms with Gasteiger partial charge in [0, 0.05) is 43.3 Å². The number of nitrogens with zero attached hydrogens (tertiary/aromatic N) is 2. The van der Waals surface area contributed by atoms with E-state index in [0.717, 1.165) is 50.1 Å². The lowest BCUT2D eigenvalue weighted by molar-refractivity contribution is -0.117. The monoisotopic (exact) mass is 382 g/mol. The number of benzene rings is 1. The molecule has 0 spiro atoms. The summed E-state index contributed by atoms with van der Waals surface area (Å²) in [7, 11) is 0. The summed E-state index contributed by atoms with van der Waals surface area (Å²) in [6, 6.07) is 8.53. The van der Waals surface area contributed by atoms with E-state index in [1.165, 1.54) is 6.42 Å². The molecule has 3 unspecified atom stereocenters. The number of Topliss-reactive ketones (excluding diaryl/α,β-unsaturated/α-hetero) is 1. The molecule has 4 rings (SSSR count). The molecule has 1 amide bonds. The van der Waals surface area contributed by atoms with Crippen LogP contribution in [0.25, 0.3) is 0 Å². The number of likely N-dealkylation sites (tertiary alicyclic amines) is 1. The number of amides is 1. The number of fused-ring (bicyclic) bond motifs is 2. The number of anilines is 1. The van der Waals surface area contributed by atoms with Crippen molar-refractivity contribution in [3.05, 3.63) is 29.8 Å². The molecule has 2 heterocycles. The van der Waals surface area contributed by atoms with Crippen LogP contribution in [-0.4, -0.2) is 42.3 Å². The van der Waals surface area contributed by atoms with Gasteiger partial charge >= 0.3 is 0 Å². The second-order valence-corrected chi connectivity index (χ2v) is 10.7. The molecule has 1 aromatic rings. The highest BCUT2D eigenvalue weighted by atomic mass is 16.2. The molecular formula is C24H34N2O2. The van der Waals surface area contributed by atoms with Gasteiger partial charge in [0.15, 0.2) is 0 Å². The zero-order valence-electron chi connectivity index (χ0n) is 17.8. The average molecular weight is 383 g/mol. The fraction of sp³-hybridized carbons (Fsp3) is 0.667. The first-order chi connectivity index (χ1) is 13.1. The summed E-state index contributed by atoms with van der Waals surface area (Å²) in [6.45, 7) is 11.5. The lowest BCUT2D eigenvalue weighted by Gasteiger charge is -2.39. The zero-order valence-corrected chi connectivity index (χ0v) is 17.8. The highest BCUT2D eigenvalue weighted by Crippen LogP contribution is 2.52. The number of ketones is 1. The highest BCUT2D eigenvalue weighted by molar-refractivity contribution is 5.95. The highest BCUT2D eigenvalue weighted by Gasteiger charge is 2.51. The molecule has 1 aromatic carbocycles. The Bertz CT molecular complexity index is 769. The summed E-state index contributed by atoms with van der Waals surface area (Å²) in [6.07, 6.45) is 5.21. The first kappa shape index (κ1) is 19.5. The maximum atomic E-state index is 13.2. The fourth-order valence-electron chi connectivity index (χ4n) is 6.32. The lowest BCUT2D eigenvalue weighted by atomic mass is 9.65. The van der Waals surface area contributed by atoms with Crippen molar-refractivity contribution in [3.8, 4) is 0 Å². The van der Waals surface area contributed by atoms with Crippen LogP contribution in [0.3, 0.4) is 0 Å². The van der Waals surface area contributed by atoms with Crippen LogP contribution in [0.4, 0.5) is 5.69 Å². The third kappa shape index (κ3) is 3.83. The van der Waals surface area contributed by atoms with E-state index in [-0.39, 0.29) is 17.1 Å². The maximum Gasteiger partial charge on any atom is 0.254 e. The van der Waals surface area contributed by atoms with E-state index in [1.54, 1.807) is 6.92 Å². The van der Waals surface area contributed by atoms with E-state index < -0.39 is 0 Å². The van der Waals surface area contributed by atoms with Gasteiger partial charge in [0.05, 0.1) is 0 Å². The molecule has 2 aliphatic heterocycles. The Morgan fingerprint density at radius 2 is 1.82 bits per heavy atom. The molecule has 0 aromatic heterocycles. The van der Waals surface area contributed by atoms with Crippen LogP contribution in [-0.2, 0) is 4.79 Å². The van der Waals surface area contributed by atoms with Crippen molar-refractivity contribution in [1.82, 2.24) is 4.90 Å². The molecule has 3 atom stereocenters. The molecule has 4 heteroatoms. The summed E-state index contributed by atoms with van der Waals surface area (Å²) < 4.78 is 0. The molecule has 0 N–H and O–H groups in total. The SMILES string of the molecule is CC(=O)CC1CCN(c2ccc(C(=O)N3CC4(C)CC3CC(C)(C)C4)cc2)C1. The van der Waals surface area contributed by atoms with Gasteiger partial charge < -0.3 is 14.6 Å². The Labute approximate surface area is 169 Å². The van der Waals surface area contributed by atoms with E-state index in [2.05, 4.69) is 42.7 Å². The lowest BCUT2D eigenvalue weighted by Crippen LogP contribution is -2.37. The van der Waals surface area contributed by atoms with Crippen molar-refractivity contribution in [2.75, 3.05) is 24.5 Å². The molecule has 4 nitrogen and oxygen atoms in total. The minimum atomic E-state index is 0.189. The van der Waals surface area contributed by atoms with Crippen LogP contribution in [0.5, 0.6) is 0 Å². The van der Waals surface area contributed by atoms with Gasteiger partial charge in [0.25, 0.3) is 5.91 Å². The summed E-state index contributed by atoms with van der Waals surface area (Å²) in [5.41, 5.74) is 2.56. The predicted molar refractivity (Wildman–Crippen MR) is 113 cm³/mol. The van der Waals surface area contributed by atoms with Crippen molar-refractivity contribution < 1.29 is 9.59 Å². The Morgan fingerprint density at radius 3 is 2.50 bits per heavy atom. The van der Waals surface area contributed by atoms with Gasteiger partial charge in [-0.3, -0.25) is 4.79 Å². The smallest absolute Gasteiger partial charge is 0.254 e. The van der Waals surface area contributed by atoms with Gasteiger partial charge in [-0.1, -0.05) is 20.8 Å². The van der Waals surface area contributed by atoms with Gasteiger partial charge in [0.2, 0.25) is 0 Å². The number of carbonyl (C=O) groups excluding carboxylic acids is 2. The topological polar surface area (TPSA) is 40.6 Å². The van der Waals surface area contributed by atoms with Crippen molar-refractivity contribution in [2.45, 2.75) is 65.8 Å². The number of hydrogen-bond donors (Lipinski definition) is 0. The second kappa shape index (κ2) is 6.89. The summed E-state index contributed by atoms with van der Waals surface area (Å²) in [5, 5.41) is 0. The number of hydrogen-bond acceptors (Lipinski definition) is 3. The summed E-state index contributed by atoms with van der Waals surface area (Å²) >= 11 is 0. The first-order valence-corrected chi connectivity index (χ1v) is 10.8. The molecular weight excluding hydrogens is 348 g/mol. The van der Waals surface area contributed by atoms with Gasteiger partial charge in [-0.2, -0.15) is 0 Å². The van der Waals surface area contributed by atoms with Crippen molar-refractivity contribution >= 4 is 17.4 Å². The standard InChI is InChI=1S/C24H34N2O2/c1-17(27)11-18-9-10-25(14-18)20-7-5-19(6-8-20)22(28)26-16-24(4)13-21(26)12-23(2,3)15-24/h5-8,18,21H,9-16H2,1-4H3. The largest absolute Gasteiger partial charge is 0.371 e. The minimum absolute atomic E-state index is 0.189. The van der Waals surface area contributed by atoms with E-state index >= 15 is 0 Å². The Hall–Kier alpha value is -1.84. The second-order valence-electron chi connectivity index (χ2n) is 10.7. The van der Waals surface area contributed by atoms with Gasteiger partial charge in [0.1, 0.15) is 5.78 Å². The van der Waals surface area contributed by atoms with Crippen molar-refractivity contribution in [1.29, 1.82) is 0 Å². The predicted octanol–water partition coefficient (Wildman–Crippen LogP) is 4.53. The quantitative estimate of drug-likeness (QED) is 0.768. The van der Waals surface area contributed by atoms with Crippen LogP contribution in [0.15, 0.2) is 24.3 Å². The van der Waals surface area contributed by atoms with E-state index in [9.17, 15) is 9.59 Å². The zero-order chi connectivity index (χ0) is 20.1. The Morgan fingerprint density at radius 1 is 1.11 bits per heavy atom. The first-order valence-electron chi connectivity index (χ1n) is 10.8. The molecule has 3 fully saturated rings. The molecule has 1 aliphatic carbocycles. The Balaban J connectivity index is 1.43. The van der Waals surface area contributed by atoms with Crippen LogP contribution in [0.2, 0.25) is 0 Å². The van der Waals surface area contributed by atoms with Crippen molar-refractivity contribution in [3.63, 3.8) is 0 Å². The number of carbonyl (C=O) groups is 2. The fourth-order valence-corrected chi connectivity index (χ4v) is 6.32. The van der Waals surface area contributed by atoms with Crippen LogP contribution < -0.4 is 4.90 Å². The van der Waals surface area contributed by atoms with Crippen LogP contribution in [0.1, 0.15) is 70.2 Å². The van der Waals surface area contributed by atoms with Crippen LogP contribution >= 0.6 is 0 Å². The van der Waals surface area contributed by atoms with Gasteiger partial charge in [-0.15, -0.1) is 0 Å². The van der Waals surface area contributed by atoms with Crippen LogP contribution in [0, 0.1) is 16.7 Å². The van der Waals surface area contributed by atoms with E-state index in [4.69, 9.17) is 0 Å². The summed E-state index contributed by atoms with van der Waals surface area (Å²) in [5.74, 6) is 0.932. The molecule has 2 saturated heterocycles. The third-order valence-electron chi connectivity index (χ3n) is 7.02. The average Bonchev–Trinajstić information content (AvgIpc) is 3.14. The van der Waals surface area contributed by atoms with Gasteiger partial charge in [-0.25, -0.2) is 0 Å². The summed E-state index contributed by atoms with van der Waals surface area (Å²) in [4.78, 5) is 29.1. The van der Waals surface area contributed by atoms with E-state index in [1.807, 2.05) is 12.1 Å². The molecule has 28 heavy (non-hydrogen) atoms. The Kier molecular flexibility index (Phi) is 4.79. The van der Waals surface area contributed by atoms with Gasteiger partial charge in [-0.05, 0) is 73.6 Å². The molecule has 3 aliphatic rings. The van der Waals surface area contributed by atoms with E-state index in [0.29, 0.717) is 23.8 Å². The molecule has 2 bridgehead atoms. The molecule has 152 valence electrons. The number of rotatable bonds is 4. The molecule has 1 saturated carbocycles.